The first kappa shape index (κ1) is 13.2. The first-order valence-corrected chi connectivity index (χ1v) is 7.48. The molecule has 2 heteroatoms. The van der Waals surface area contributed by atoms with Crippen LogP contribution in [0.1, 0.15) is 43.4 Å². The van der Waals surface area contributed by atoms with Crippen LogP contribution in [0.3, 0.4) is 0 Å². The molecule has 20 heavy (non-hydrogen) atoms. The Morgan fingerprint density at radius 2 is 1.70 bits per heavy atom. The summed E-state index contributed by atoms with van der Waals surface area (Å²) >= 11 is 0. The summed E-state index contributed by atoms with van der Waals surface area (Å²) in [5.41, 5.74) is 2.69. The maximum atomic E-state index is 9.43. The maximum absolute atomic E-state index is 9.43. The Kier molecular flexibility index (Phi) is 3.72. The molecule has 0 saturated heterocycles. The van der Waals surface area contributed by atoms with Crippen molar-refractivity contribution >= 4 is 0 Å². The van der Waals surface area contributed by atoms with Gasteiger partial charge >= 0.3 is 0 Å². The zero-order valence-electron chi connectivity index (χ0n) is 11.8. The smallest absolute Gasteiger partial charge is 0.115 e. The van der Waals surface area contributed by atoms with Gasteiger partial charge in [0.25, 0.3) is 0 Å². The standard InChI is InChI=1S/C18H21NO/c20-16-9-7-15(8-10-16)14-18(11-3-1-4-12-18)17-6-2-5-13-19-17/h2,5-10,13,20H,1,3-4,11-12,14H2. The second kappa shape index (κ2) is 5.66. The second-order valence-electron chi connectivity index (χ2n) is 5.90. The highest BCUT2D eigenvalue weighted by Gasteiger charge is 2.35. The second-order valence-corrected chi connectivity index (χ2v) is 5.90. The predicted molar refractivity (Wildman–Crippen MR) is 80.8 cm³/mol. The molecular formula is C18H21NO. The molecule has 3 rings (SSSR count). The summed E-state index contributed by atoms with van der Waals surface area (Å²) in [5.74, 6) is 0.337. The maximum Gasteiger partial charge on any atom is 0.115 e. The number of hydrogen-bond donors (Lipinski definition) is 1. The van der Waals surface area contributed by atoms with E-state index in [9.17, 15) is 5.11 Å². The average molecular weight is 267 g/mol. The van der Waals surface area contributed by atoms with Gasteiger partial charge in [-0.05, 0) is 49.1 Å². The van der Waals surface area contributed by atoms with E-state index >= 15 is 0 Å². The number of phenols is 1. The number of hydrogen-bond acceptors (Lipinski definition) is 2. The Morgan fingerprint density at radius 1 is 0.950 bits per heavy atom. The van der Waals surface area contributed by atoms with E-state index in [1.807, 2.05) is 24.4 Å². The van der Waals surface area contributed by atoms with Crippen LogP contribution in [0.15, 0.2) is 48.7 Å². The van der Waals surface area contributed by atoms with Crippen LogP contribution in [-0.4, -0.2) is 10.1 Å². The lowest BCUT2D eigenvalue weighted by atomic mass is 9.68. The molecule has 104 valence electrons. The molecule has 1 heterocycles. The van der Waals surface area contributed by atoms with Crippen molar-refractivity contribution in [1.29, 1.82) is 0 Å². The van der Waals surface area contributed by atoms with Gasteiger partial charge in [0, 0.05) is 17.3 Å². The molecule has 0 bridgehead atoms. The van der Waals surface area contributed by atoms with E-state index in [2.05, 4.69) is 17.1 Å². The number of aromatic nitrogens is 1. The van der Waals surface area contributed by atoms with Crippen molar-refractivity contribution in [2.45, 2.75) is 43.9 Å². The third kappa shape index (κ3) is 2.69. The van der Waals surface area contributed by atoms with Gasteiger partial charge in [-0.2, -0.15) is 0 Å². The van der Waals surface area contributed by atoms with Crippen LogP contribution in [0.2, 0.25) is 0 Å². The van der Waals surface area contributed by atoms with Gasteiger partial charge in [0.05, 0.1) is 0 Å². The van der Waals surface area contributed by atoms with Crippen LogP contribution in [0.25, 0.3) is 0 Å². The van der Waals surface area contributed by atoms with Crippen molar-refractivity contribution in [3.63, 3.8) is 0 Å². The summed E-state index contributed by atoms with van der Waals surface area (Å²) < 4.78 is 0. The summed E-state index contributed by atoms with van der Waals surface area (Å²) in [6.07, 6.45) is 9.26. The molecule has 2 aromatic rings. The van der Waals surface area contributed by atoms with Crippen LogP contribution in [-0.2, 0) is 11.8 Å². The molecule has 1 saturated carbocycles. The van der Waals surface area contributed by atoms with Crippen LogP contribution < -0.4 is 0 Å². The molecule has 1 aliphatic rings. The van der Waals surface area contributed by atoms with Crippen molar-refractivity contribution in [2.75, 3.05) is 0 Å². The molecule has 0 spiro atoms. The lowest BCUT2D eigenvalue weighted by molar-refractivity contribution is 0.283. The zero-order valence-corrected chi connectivity index (χ0v) is 11.8. The lowest BCUT2D eigenvalue weighted by Gasteiger charge is -2.37. The summed E-state index contributed by atoms with van der Waals surface area (Å²) in [6.45, 7) is 0. The van der Waals surface area contributed by atoms with Gasteiger partial charge in [-0.1, -0.05) is 37.5 Å². The molecule has 1 aliphatic carbocycles. The van der Waals surface area contributed by atoms with Crippen molar-refractivity contribution in [3.05, 3.63) is 59.9 Å². The highest BCUT2D eigenvalue weighted by molar-refractivity contribution is 5.30. The third-order valence-corrected chi connectivity index (χ3v) is 4.50. The van der Waals surface area contributed by atoms with Crippen molar-refractivity contribution in [1.82, 2.24) is 4.98 Å². The van der Waals surface area contributed by atoms with Gasteiger partial charge in [0.15, 0.2) is 0 Å². The minimum atomic E-state index is 0.177. The highest BCUT2D eigenvalue weighted by atomic mass is 16.3. The Balaban J connectivity index is 1.92. The van der Waals surface area contributed by atoms with E-state index in [1.54, 1.807) is 12.1 Å². The van der Waals surface area contributed by atoms with E-state index in [4.69, 9.17) is 0 Å². The molecule has 0 aliphatic heterocycles. The number of phenolic OH excluding ortho intramolecular Hbond substituents is 1. The largest absolute Gasteiger partial charge is 0.508 e. The number of rotatable bonds is 3. The molecule has 0 atom stereocenters. The van der Waals surface area contributed by atoms with Crippen molar-refractivity contribution in [3.8, 4) is 5.75 Å². The number of pyridine rings is 1. The van der Waals surface area contributed by atoms with E-state index < -0.39 is 0 Å². The number of aromatic hydroxyl groups is 1. The third-order valence-electron chi connectivity index (χ3n) is 4.50. The monoisotopic (exact) mass is 267 g/mol. The van der Waals surface area contributed by atoms with Crippen molar-refractivity contribution in [2.24, 2.45) is 0 Å². The Bertz CT molecular complexity index is 541. The van der Waals surface area contributed by atoms with Gasteiger partial charge in [-0.3, -0.25) is 4.98 Å². The van der Waals surface area contributed by atoms with Gasteiger partial charge in [-0.15, -0.1) is 0 Å². The molecule has 1 fully saturated rings. The van der Waals surface area contributed by atoms with Crippen LogP contribution in [0.5, 0.6) is 5.75 Å². The first-order valence-electron chi connectivity index (χ1n) is 7.48. The average Bonchev–Trinajstić information content (AvgIpc) is 2.52. The normalized spacial score (nSPS) is 17.8. The molecular weight excluding hydrogens is 246 g/mol. The lowest BCUT2D eigenvalue weighted by Crippen LogP contribution is -2.32. The van der Waals surface area contributed by atoms with E-state index in [0.29, 0.717) is 5.75 Å². The summed E-state index contributed by atoms with van der Waals surface area (Å²) in [7, 11) is 0. The summed E-state index contributed by atoms with van der Waals surface area (Å²) in [6, 6.07) is 13.9. The first-order chi connectivity index (χ1) is 9.78. The van der Waals surface area contributed by atoms with Crippen LogP contribution in [0, 0.1) is 0 Å². The molecule has 2 nitrogen and oxygen atoms in total. The van der Waals surface area contributed by atoms with Gasteiger partial charge < -0.3 is 5.11 Å². The van der Waals surface area contributed by atoms with Crippen LogP contribution in [0.4, 0.5) is 0 Å². The number of benzene rings is 1. The molecule has 0 amide bonds. The topological polar surface area (TPSA) is 33.1 Å². The number of nitrogens with zero attached hydrogens (tertiary/aromatic N) is 1. The minimum Gasteiger partial charge on any atom is -0.508 e. The fraction of sp³-hybridized carbons (Fsp3) is 0.389. The molecule has 1 aromatic heterocycles. The van der Waals surface area contributed by atoms with Gasteiger partial charge in [0.1, 0.15) is 5.75 Å². The van der Waals surface area contributed by atoms with Gasteiger partial charge in [0.2, 0.25) is 0 Å². The van der Waals surface area contributed by atoms with Gasteiger partial charge in [-0.25, -0.2) is 0 Å². The summed E-state index contributed by atoms with van der Waals surface area (Å²) in [4.78, 5) is 4.64. The quantitative estimate of drug-likeness (QED) is 0.902. The molecule has 1 N–H and O–H groups in total. The molecule has 0 radical (unpaired) electrons. The fourth-order valence-electron chi connectivity index (χ4n) is 3.43. The van der Waals surface area contributed by atoms with Crippen molar-refractivity contribution < 1.29 is 5.11 Å². The van der Waals surface area contributed by atoms with E-state index in [0.717, 1.165) is 6.42 Å². The highest BCUT2D eigenvalue weighted by Crippen LogP contribution is 2.41. The SMILES string of the molecule is Oc1ccc(CC2(c3ccccn3)CCCCC2)cc1. The Morgan fingerprint density at radius 3 is 2.35 bits per heavy atom. The Hall–Kier alpha value is -1.83. The van der Waals surface area contributed by atoms with E-state index in [1.165, 1.54) is 43.4 Å². The zero-order chi connectivity index (χ0) is 13.8. The summed E-state index contributed by atoms with van der Waals surface area (Å²) in [5, 5.41) is 9.43. The molecule has 1 aromatic carbocycles. The van der Waals surface area contributed by atoms with Crippen LogP contribution >= 0.6 is 0 Å². The molecule has 0 unspecified atom stereocenters. The Labute approximate surface area is 120 Å². The minimum absolute atomic E-state index is 0.177. The fourth-order valence-corrected chi connectivity index (χ4v) is 3.43. The van der Waals surface area contributed by atoms with E-state index in [-0.39, 0.29) is 5.41 Å². The predicted octanol–water partition coefficient (Wildman–Crippen LogP) is 4.23.